The molecule has 1 heterocycles. The SMILES string of the molecule is N#CC(CN1C(=O)CCc2cc(F)ccc21)C(F)(F)F. The lowest BCUT2D eigenvalue weighted by Crippen LogP contribution is -2.42. The van der Waals surface area contributed by atoms with Crippen LogP contribution < -0.4 is 4.90 Å². The Morgan fingerprint density at radius 1 is 1.35 bits per heavy atom. The number of benzene rings is 1. The van der Waals surface area contributed by atoms with E-state index < -0.39 is 30.4 Å². The molecule has 1 amide bonds. The van der Waals surface area contributed by atoms with Crippen molar-refractivity contribution in [3.05, 3.63) is 29.6 Å². The largest absolute Gasteiger partial charge is 0.406 e. The number of rotatable bonds is 2. The fourth-order valence-electron chi connectivity index (χ4n) is 2.13. The van der Waals surface area contributed by atoms with Crippen molar-refractivity contribution in [1.82, 2.24) is 0 Å². The summed E-state index contributed by atoms with van der Waals surface area (Å²) in [5.74, 6) is -3.26. The van der Waals surface area contributed by atoms with Gasteiger partial charge < -0.3 is 4.90 Å². The van der Waals surface area contributed by atoms with Crippen LogP contribution in [0.2, 0.25) is 0 Å². The molecule has 0 aliphatic carbocycles. The van der Waals surface area contributed by atoms with Crippen LogP contribution in [0, 0.1) is 23.1 Å². The average Bonchev–Trinajstić information content (AvgIpc) is 2.36. The monoisotopic (exact) mass is 286 g/mol. The van der Waals surface area contributed by atoms with Gasteiger partial charge in [-0.1, -0.05) is 0 Å². The molecule has 1 aliphatic heterocycles. The van der Waals surface area contributed by atoms with E-state index in [-0.39, 0.29) is 18.5 Å². The number of hydrogen-bond acceptors (Lipinski definition) is 2. The Morgan fingerprint density at radius 2 is 2.05 bits per heavy atom. The van der Waals surface area contributed by atoms with E-state index in [4.69, 9.17) is 5.26 Å². The average molecular weight is 286 g/mol. The number of carbonyl (C=O) groups excluding carboxylic acids is 1. The van der Waals surface area contributed by atoms with Crippen molar-refractivity contribution in [1.29, 1.82) is 5.26 Å². The molecule has 106 valence electrons. The maximum absolute atomic E-state index is 13.1. The van der Waals surface area contributed by atoms with Gasteiger partial charge in [-0.3, -0.25) is 4.79 Å². The van der Waals surface area contributed by atoms with Gasteiger partial charge in [-0.05, 0) is 30.2 Å². The Labute approximate surface area is 112 Å². The van der Waals surface area contributed by atoms with Crippen LogP contribution in [0.4, 0.5) is 23.2 Å². The first-order valence-electron chi connectivity index (χ1n) is 5.88. The summed E-state index contributed by atoms with van der Waals surface area (Å²) < 4.78 is 51.0. The lowest BCUT2D eigenvalue weighted by Gasteiger charge is -2.31. The van der Waals surface area contributed by atoms with Gasteiger partial charge in [0.25, 0.3) is 0 Å². The molecule has 0 saturated heterocycles. The van der Waals surface area contributed by atoms with Crippen LogP contribution >= 0.6 is 0 Å². The van der Waals surface area contributed by atoms with Gasteiger partial charge >= 0.3 is 6.18 Å². The summed E-state index contributed by atoms with van der Waals surface area (Å²) in [4.78, 5) is 12.7. The number of amides is 1. The van der Waals surface area contributed by atoms with Gasteiger partial charge in [0.2, 0.25) is 5.91 Å². The zero-order chi connectivity index (χ0) is 14.9. The number of nitrogens with zero attached hydrogens (tertiary/aromatic N) is 2. The Hall–Kier alpha value is -2.10. The maximum atomic E-state index is 13.1. The fourth-order valence-corrected chi connectivity index (χ4v) is 2.13. The summed E-state index contributed by atoms with van der Waals surface area (Å²) >= 11 is 0. The van der Waals surface area contributed by atoms with Crippen molar-refractivity contribution in [2.24, 2.45) is 5.92 Å². The molecule has 2 rings (SSSR count). The summed E-state index contributed by atoms with van der Waals surface area (Å²) in [7, 11) is 0. The topological polar surface area (TPSA) is 44.1 Å². The number of aryl methyl sites for hydroxylation is 1. The van der Waals surface area contributed by atoms with Gasteiger partial charge in [-0.15, -0.1) is 0 Å². The van der Waals surface area contributed by atoms with Gasteiger partial charge in [-0.2, -0.15) is 18.4 Å². The summed E-state index contributed by atoms with van der Waals surface area (Å²) in [6.07, 6.45) is -4.41. The number of nitriles is 1. The van der Waals surface area contributed by atoms with E-state index in [9.17, 15) is 22.4 Å². The van der Waals surface area contributed by atoms with E-state index in [1.807, 2.05) is 0 Å². The molecule has 0 spiro atoms. The number of carbonyl (C=O) groups is 1. The molecule has 1 atom stereocenters. The first-order chi connectivity index (χ1) is 9.32. The van der Waals surface area contributed by atoms with Crippen LogP contribution in [0.15, 0.2) is 18.2 Å². The number of hydrogen-bond donors (Lipinski definition) is 0. The molecular formula is C13H10F4N2O. The van der Waals surface area contributed by atoms with Crippen molar-refractivity contribution in [2.45, 2.75) is 19.0 Å². The normalized spacial score (nSPS) is 16.6. The van der Waals surface area contributed by atoms with E-state index in [0.717, 1.165) is 17.0 Å². The molecule has 7 heteroatoms. The predicted molar refractivity (Wildman–Crippen MR) is 62.2 cm³/mol. The standard InChI is InChI=1S/C13H10F4N2O/c14-10-2-3-11-8(5-10)1-4-12(20)19(11)7-9(6-18)13(15,16)17/h2-3,5,9H,1,4,7H2. The van der Waals surface area contributed by atoms with Crippen molar-refractivity contribution >= 4 is 11.6 Å². The summed E-state index contributed by atoms with van der Waals surface area (Å²) in [6, 6.07) is 4.71. The lowest BCUT2D eigenvalue weighted by atomic mass is 9.99. The molecule has 0 N–H and O–H groups in total. The van der Waals surface area contributed by atoms with E-state index in [2.05, 4.69) is 0 Å². The molecular weight excluding hydrogens is 276 g/mol. The lowest BCUT2D eigenvalue weighted by molar-refractivity contribution is -0.156. The minimum absolute atomic E-state index is 0.00641. The highest BCUT2D eigenvalue weighted by molar-refractivity contribution is 5.96. The van der Waals surface area contributed by atoms with Gasteiger partial charge in [0.15, 0.2) is 5.92 Å². The molecule has 0 bridgehead atoms. The quantitative estimate of drug-likeness (QED) is 0.785. The number of anilines is 1. The van der Waals surface area contributed by atoms with Crippen molar-refractivity contribution in [2.75, 3.05) is 11.4 Å². The second-order valence-corrected chi connectivity index (χ2v) is 4.50. The fraction of sp³-hybridized carbons (Fsp3) is 0.385. The highest BCUT2D eigenvalue weighted by Crippen LogP contribution is 2.32. The minimum Gasteiger partial charge on any atom is -0.310 e. The third-order valence-electron chi connectivity index (χ3n) is 3.16. The molecule has 1 aromatic rings. The van der Waals surface area contributed by atoms with Gasteiger partial charge in [0.05, 0.1) is 12.6 Å². The van der Waals surface area contributed by atoms with E-state index >= 15 is 0 Å². The Morgan fingerprint density at radius 3 is 2.65 bits per heavy atom. The van der Waals surface area contributed by atoms with Crippen LogP contribution in [0.3, 0.4) is 0 Å². The molecule has 0 fully saturated rings. The second kappa shape index (κ2) is 5.12. The van der Waals surface area contributed by atoms with E-state index in [1.54, 1.807) is 0 Å². The molecule has 0 aromatic heterocycles. The zero-order valence-electron chi connectivity index (χ0n) is 10.2. The number of fused-ring (bicyclic) bond motifs is 1. The summed E-state index contributed by atoms with van der Waals surface area (Å²) in [6.45, 7) is -0.766. The first kappa shape index (κ1) is 14.3. The second-order valence-electron chi connectivity index (χ2n) is 4.50. The minimum atomic E-state index is -4.70. The van der Waals surface area contributed by atoms with Gasteiger partial charge in [0, 0.05) is 12.1 Å². The highest BCUT2D eigenvalue weighted by atomic mass is 19.4. The van der Waals surface area contributed by atoms with Crippen molar-refractivity contribution in [3.63, 3.8) is 0 Å². The Balaban J connectivity index is 2.33. The predicted octanol–water partition coefficient (Wildman–Crippen LogP) is 2.81. The molecule has 20 heavy (non-hydrogen) atoms. The first-order valence-corrected chi connectivity index (χ1v) is 5.88. The van der Waals surface area contributed by atoms with Crippen molar-refractivity contribution < 1.29 is 22.4 Å². The summed E-state index contributed by atoms with van der Waals surface area (Å²) in [5, 5.41) is 8.60. The Bertz CT molecular complexity index is 577. The van der Waals surface area contributed by atoms with Crippen LogP contribution in [0.1, 0.15) is 12.0 Å². The smallest absolute Gasteiger partial charge is 0.310 e. The van der Waals surface area contributed by atoms with E-state index in [1.165, 1.54) is 12.1 Å². The zero-order valence-corrected chi connectivity index (χ0v) is 10.2. The van der Waals surface area contributed by atoms with Gasteiger partial charge in [0.1, 0.15) is 5.82 Å². The maximum Gasteiger partial charge on any atom is 0.406 e. The molecule has 1 unspecified atom stereocenters. The number of halogens is 4. The molecule has 3 nitrogen and oxygen atoms in total. The van der Waals surface area contributed by atoms with Crippen LogP contribution in [-0.4, -0.2) is 18.6 Å². The highest BCUT2D eigenvalue weighted by Gasteiger charge is 2.42. The van der Waals surface area contributed by atoms with Crippen LogP contribution in [0.25, 0.3) is 0 Å². The molecule has 1 aromatic carbocycles. The van der Waals surface area contributed by atoms with Gasteiger partial charge in [-0.25, -0.2) is 4.39 Å². The third kappa shape index (κ3) is 2.74. The van der Waals surface area contributed by atoms with Crippen LogP contribution in [0.5, 0.6) is 0 Å². The number of alkyl halides is 3. The molecule has 0 saturated carbocycles. The Kier molecular flexibility index (Phi) is 3.66. The summed E-state index contributed by atoms with van der Waals surface area (Å²) in [5.41, 5.74) is 0.718. The third-order valence-corrected chi connectivity index (χ3v) is 3.16. The molecule has 1 aliphatic rings. The van der Waals surface area contributed by atoms with E-state index in [0.29, 0.717) is 5.56 Å². The van der Waals surface area contributed by atoms with Crippen LogP contribution in [-0.2, 0) is 11.2 Å². The van der Waals surface area contributed by atoms with Crippen molar-refractivity contribution in [3.8, 4) is 6.07 Å². The molecule has 0 radical (unpaired) electrons.